The molecule has 1 aromatic heterocycles. The SMILES string of the molecule is Cc1ccc(S(=O)(=O)Cc2nnc(SCC(=O)N(c3ccccc3)c3ccccc3)n2C)cc1. The number of rotatable bonds is 8. The summed E-state index contributed by atoms with van der Waals surface area (Å²) in [4.78, 5) is 15.1. The molecule has 0 atom stereocenters. The quantitative estimate of drug-likeness (QED) is 0.335. The number of hydrogen-bond donors (Lipinski definition) is 0. The molecule has 1 amide bonds. The Hall–Kier alpha value is -3.43. The summed E-state index contributed by atoms with van der Waals surface area (Å²) in [5, 5.41) is 8.67. The minimum absolute atomic E-state index is 0.112. The minimum atomic E-state index is -3.56. The number of aromatic nitrogens is 3. The van der Waals surface area contributed by atoms with Gasteiger partial charge in [0.15, 0.2) is 15.0 Å². The topological polar surface area (TPSA) is 85.2 Å². The van der Waals surface area contributed by atoms with Crippen LogP contribution in [0.4, 0.5) is 11.4 Å². The summed E-state index contributed by atoms with van der Waals surface area (Å²) in [7, 11) is -1.86. The maximum absolute atomic E-state index is 13.2. The van der Waals surface area contributed by atoms with Crippen LogP contribution in [0.3, 0.4) is 0 Å². The van der Waals surface area contributed by atoms with Crippen molar-refractivity contribution in [1.82, 2.24) is 14.8 Å². The number of hydrogen-bond acceptors (Lipinski definition) is 6. The van der Waals surface area contributed by atoms with Gasteiger partial charge in [0.05, 0.1) is 10.6 Å². The molecule has 0 aliphatic rings. The molecule has 34 heavy (non-hydrogen) atoms. The normalized spacial score (nSPS) is 11.4. The molecule has 1 heterocycles. The highest BCUT2D eigenvalue weighted by atomic mass is 32.2. The van der Waals surface area contributed by atoms with Crippen LogP contribution in [-0.2, 0) is 27.4 Å². The Morgan fingerprint density at radius 2 is 1.44 bits per heavy atom. The average Bonchev–Trinajstić information content (AvgIpc) is 3.18. The van der Waals surface area contributed by atoms with Gasteiger partial charge < -0.3 is 4.57 Å². The number of carbonyl (C=O) groups is 1. The first kappa shape index (κ1) is 23.7. The lowest BCUT2D eigenvalue weighted by atomic mass is 10.2. The molecule has 0 radical (unpaired) electrons. The van der Waals surface area contributed by atoms with E-state index in [1.165, 1.54) is 11.8 Å². The number of carbonyl (C=O) groups excluding carboxylic acids is 1. The van der Waals surface area contributed by atoms with Crippen molar-refractivity contribution in [3.8, 4) is 0 Å². The zero-order chi connectivity index (χ0) is 24.1. The van der Waals surface area contributed by atoms with E-state index < -0.39 is 9.84 Å². The van der Waals surface area contributed by atoms with Crippen molar-refractivity contribution in [1.29, 1.82) is 0 Å². The zero-order valence-electron chi connectivity index (χ0n) is 18.8. The van der Waals surface area contributed by atoms with E-state index in [1.54, 1.807) is 40.8 Å². The largest absolute Gasteiger partial charge is 0.308 e. The standard InChI is InChI=1S/C25H24N4O3S2/c1-19-13-15-22(16-14-19)34(31,32)18-23-26-27-25(28(23)2)33-17-24(30)29(20-9-5-3-6-10-20)21-11-7-4-8-12-21/h3-16H,17-18H2,1-2H3. The van der Waals surface area contributed by atoms with Crippen LogP contribution in [0.1, 0.15) is 11.4 Å². The van der Waals surface area contributed by atoms with E-state index in [0.29, 0.717) is 11.0 Å². The van der Waals surface area contributed by atoms with Crippen molar-refractivity contribution >= 4 is 38.9 Å². The molecule has 7 nitrogen and oxygen atoms in total. The van der Waals surface area contributed by atoms with Crippen LogP contribution in [0, 0.1) is 6.92 Å². The maximum atomic E-state index is 13.2. The highest BCUT2D eigenvalue weighted by Crippen LogP contribution is 2.27. The summed E-state index contributed by atoms with van der Waals surface area (Å²) in [6.07, 6.45) is 0. The van der Waals surface area contributed by atoms with Crippen LogP contribution in [0.2, 0.25) is 0 Å². The predicted octanol–water partition coefficient (Wildman–Crippen LogP) is 4.55. The van der Waals surface area contributed by atoms with E-state index >= 15 is 0 Å². The summed E-state index contributed by atoms with van der Waals surface area (Å²) in [5.74, 6) is 0.0343. The van der Waals surface area contributed by atoms with Crippen LogP contribution in [0.15, 0.2) is 95.0 Å². The lowest BCUT2D eigenvalue weighted by Crippen LogP contribution is -2.27. The number of para-hydroxylation sites is 2. The zero-order valence-corrected chi connectivity index (χ0v) is 20.5. The third-order valence-corrected chi connectivity index (χ3v) is 7.86. The predicted molar refractivity (Wildman–Crippen MR) is 134 cm³/mol. The Kier molecular flexibility index (Phi) is 7.14. The molecule has 0 saturated heterocycles. The Morgan fingerprint density at radius 1 is 0.882 bits per heavy atom. The van der Waals surface area contributed by atoms with E-state index in [2.05, 4.69) is 10.2 Å². The van der Waals surface area contributed by atoms with Crippen LogP contribution < -0.4 is 4.90 Å². The molecule has 0 fully saturated rings. The molecule has 0 unspecified atom stereocenters. The Morgan fingerprint density at radius 3 is 2.00 bits per heavy atom. The fraction of sp³-hybridized carbons (Fsp3) is 0.160. The van der Waals surface area contributed by atoms with Gasteiger partial charge in [-0.3, -0.25) is 9.69 Å². The first-order chi connectivity index (χ1) is 16.3. The molecular formula is C25H24N4O3S2. The fourth-order valence-electron chi connectivity index (χ4n) is 3.38. The molecular weight excluding hydrogens is 468 g/mol. The number of amides is 1. The molecule has 0 N–H and O–H groups in total. The van der Waals surface area contributed by atoms with Gasteiger partial charge in [0.25, 0.3) is 0 Å². The fourth-order valence-corrected chi connectivity index (χ4v) is 5.47. The molecule has 174 valence electrons. The van der Waals surface area contributed by atoms with E-state index in [4.69, 9.17) is 0 Å². The maximum Gasteiger partial charge on any atom is 0.242 e. The first-order valence-corrected chi connectivity index (χ1v) is 13.2. The summed E-state index contributed by atoms with van der Waals surface area (Å²) in [5.41, 5.74) is 2.52. The van der Waals surface area contributed by atoms with Gasteiger partial charge in [0.1, 0.15) is 11.6 Å². The van der Waals surface area contributed by atoms with Crippen LogP contribution in [-0.4, -0.2) is 34.8 Å². The number of benzene rings is 3. The second-order valence-electron chi connectivity index (χ2n) is 7.72. The van der Waals surface area contributed by atoms with Gasteiger partial charge in [-0.05, 0) is 43.3 Å². The number of aryl methyl sites for hydroxylation is 1. The van der Waals surface area contributed by atoms with Crippen molar-refractivity contribution in [2.45, 2.75) is 22.7 Å². The Bertz CT molecular complexity index is 1330. The number of thioether (sulfide) groups is 1. The summed E-state index contributed by atoms with van der Waals surface area (Å²) in [6, 6.07) is 25.6. The minimum Gasteiger partial charge on any atom is -0.308 e. The van der Waals surface area contributed by atoms with E-state index in [0.717, 1.165) is 16.9 Å². The van der Waals surface area contributed by atoms with Gasteiger partial charge in [-0.1, -0.05) is 65.9 Å². The molecule has 3 aromatic carbocycles. The molecule has 0 spiro atoms. The molecule has 0 bridgehead atoms. The number of anilines is 2. The van der Waals surface area contributed by atoms with Gasteiger partial charge in [-0.25, -0.2) is 8.42 Å². The first-order valence-electron chi connectivity index (χ1n) is 10.6. The van der Waals surface area contributed by atoms with E-state index in [1.807, 2.05) is 67.6 Å². The van der Waals surface area contributed by atoms with E-state index in [-0.39, 0.29) is 22.3 Å². The number of nitrogens with zero attached hydrogens (tertiary/aromatic N) is 4. The highest BCUT2D eigenvalue weighted by Gasteiger charge is 2.22. The van der Waals surface area contributed by atoms with Gasteiger partial charge >= 0.3 is 0 Å². The summed E-state index contributed by atoms with van der Waals surface area (Å²) >= 11 is 1.22. The second-order valence-corrected chi connectivity index (χ2v) is 10.7. The average molecular weight is 493 g/mol. The van der Waals surface area contributed by atoms with Crippen molar-refractivity contribution in [3.63, 3.8) is 0 Å². The van der Waals surface area contributed by atoms with Crippen LogP contribution in [0.5, 0.6) is 0 Å². The van der Waals surface area contributed by atoms with Crippen molar-refractivity contribution < 1.29 is 13.2 Å². The van der Waals surface area contributed by atoms with Crippen molar-refractivity contribution in [2.24, 2.45) is 7.05 Å². The Balaban J connectivity index is 1.49. The van der Waals surface area contributed by atoms with Gasteiger partial charge in [0.2, 0.25) is 5.91 Å². The van der Waals surface area contributed by atoms with Gasteiger partial charge in [-0.2, -0.15) is 0 Å². The van der Waals surface area contributed by atoms with E-state index in [9.17, 15) is 13.2 Å². The molecule has 9 heteroatoms. The third-order valence-electron chi connectivity index (χ3n) is 5.23. The Labute approximate surface area is 203 Å². The third kappa shape index (κ3) is 5.37. The van der Waals surface area contributed by atoms with Gasteiger partial charge in [-0.15, -0.1) is 10.2 Å². The van der Waals surface area contributed by atoms with Crippen molar-refractivity contribution in [3.05, 3.63) is 96.3 Å². The molecule has 0 saturated carbocycles. The van der Waals surface area contributed by atoms with Gasteiger partial charge in [0, 0.05) is 18.4 Å². The lowest BCUT2D eigenvalue weighted by Gasteiger charge is -2.22. The van der Waals surface area contributed by atoms with Crippen molar-refractivity contribution in [2.75, 3.05) is 10.7 Å². The lowest BCUT2D eigenvalue weighted by molar-refractivity contribution is -0.115. The van der Waals surface area contributed by atoms with Crippen LogP contribution >= 0.6 is 11.8 Å². The van der Waals surface area contributed by atoms with Crippen LogP contribution in [0.25, 0.3) is 0 Å². The smallest absolute Gasteiger partial charge is 0.242 e. The number of sulfone groups is 1. The molecule has 0 aliphatic heterocycles. The molecule has 0 aliphatic carbocycles. The summed E-state index contributed by atoms with van der Waals surface area (Å²) < 4.78 is 27.2. The summed E-state index contributed by atoms with van der Waals surface area (Å²) in [6.45, 7) is 1.90. The second kappa shape index (κ2) is 10.2. The monoisotopic (exact) mass is 492 g/mol. The molecule has 4 rings (SSSR count). The molecule has 4 aromatic rings. The highest BCUT2D eigenvalue weighted by molar-refractivity contribution is 7.99.